The molecular weight excluding hydrogens is 364 g/mol. The molecule has 26 heavy (non-hydrogen) atoms. The summed E-state index contributed by atoms with van der Waals surface area (Å²) in [4.78, 5) is 14.5. The van der Waals surface area contributed by atoms with E-state index in [0.717, 1.165) is 15.7 Å². The Labute approximate surface area is 161 Å². The first kappa shape index (κ1) is 18.5. The molecule has 0 unspecified atom stereocenters. The molecule has 3 rings (SSSR count). The number of nitrogens with zero attached hydrogens (tertiary/aromatic N) is 3. The lowest BCUT2D eigenvalue weighted by Gasteiger charge is -2.08. The third-order valence-corrected chi connectivity index (χ3v) is 5.91. The van der Waals surface area contributed by atoms with E-state index in [1.807, 2.05) is 31.3 Å². The lowest BCUT2D eigenvalue weighted by atomic mass is 10.2. The van der Waals surface area contributed by atoms with Crippen LogP contribution in [-0.4, -0.2) is 26.4 Å². The van der Waals surface area contributed by atoms with Gasteiger partial charge in [-0.05, 0) is 55.3 Å². The number of thioether (sulfide) groups is 1. The molecule has 3 aromatic rings. The molecule has 0 bridgehead atoms. The summed E-state index contributed by atoms with van der Waals surface area (Å²) in [6, 6.07) is 14.4. The van der Waals surface area contributed by atoms with Gasteiger partial charge in [-0.2, -0.15) is 0 Å². The number of nitrogens with one attached hydrogen (secondary N) is 1. The predicted molar refractivity (Wildman–Crippen MR) is 107 cm³/mol. The molecule has 7 heteroatoms. The first-order chi connectivity index (χ1) is 12.5. The zero-order chi connectivity index (χ0) is 18.5. The monoisotopic (exact) mass is 384 g/mol. The number of aryl methyl sites for hydroxylation is 3. The van der Waals surface area contributed by atoms with Crippen molar-refractivity contribution in [3.63, 3.8) is 0 Å². The Morgan fingerprint density at radius 2 is 1.92 bits per heavy atom. The van der Waals surface area contributed by atoms with Gasteiger partial charge in [-0.1, -0.05) is 35.7 Å². The van der Waals surface area contributed by atoms with Gasteiger partial charge in [0.05, 0.1) is 5.75 Å². The molecule has 0 aliphatic rings. The van der Waals surface area contributed by atoms with Crippen LogP contribution >= 0.6 is 23.5 Å². The summed E-state index contributed by atoms with van der Waals surface area (Å²) >= 11 is 3.09. The molecule has 134 valence electrons. The Morgan fingerprint density at radius 3 is 2.62 bits per heavy atom. The van der Waals surface area contributed by atoms with Crippen molar-refractivity contribution in [3.8, 4) is 0 Å². The molecule has 0 aliphatic heterocycles. The van der Waals surface area contributed by atoms with Crippen LogP contribution in [0.2, 0.25) is 0 Å². The molecule has 2 aromatic carbocycles. The Morgan fingerprint density at radius 1 is 1.15 bits per heavy atom. The van der Waals surface area contributed by atoms with Gasteiger partial charge in [0.15, 0.2) is 5.16 Å². The molecular formula is C19H20N4OS2. The molecule has 0 saturated heterocycles. The van der Waals surface area contributed by atoms with Crippen molar-refractivity contribution in [2.75, 3.05) is 11.1 Å². The van der Waals surface area contributed by atoms with Crippen LogP contribution in [-0.2, 0) is 11.8 Å². The average molecular weight is 385 g/mol. The number of hydrogen-bond acceptors (Lipinski definition) is 5. The van der Waals surface area contributed by atoms with Gasteiger partial charge in [0.1, 0.15) is 6.33 Å². The third-order valence-electron chi connectivity index (χ3n) is 3.71. The zero-order valence-electron chi connectivity index (χ0n) is 14.9. The van der Waals surface area contributed by atoms with Crippen molar-refractivity contribution in [3.05, 3.63) is 59.9 Å². The average Bonchev–Trinajstić information content (AvgIpc) is 3.03. The molecule has 0 aliphatic carbocycles. The number of hydrogen-bond donors (Lipinski definition) is 1. The summed E-state index contributed by atoms with van der Waals surface area (Å²) in [5, 5.41) is 11.4. The van der Waals surface area contributed by atoms with Gasteiger partial charge in [-0.15, -0.1) is 10.2 Å². The molecule has 1 N–H and O–H groups in total. The Balaban J connectivity index is 1.56. The van der Waals surface area contributed by atoms with Crippen LogP contribution in [0.15, 0.2) is 63.7 Å². The minimum absolute atomic E-state index is 0.0621. The second-order valence-electron chi connectivity index (χ2n) is 5.96. The van der Waals surface area contributed by atoms with Gasteiger partial charge >= 0.3 is 0 Å². The summed E-state index contributed by atoms with van der Waals surface area (Å²) in [6.45, 7) is 4.21. The van der Waals surface area contributed by atoms with E-state index in [2.05, 4.69) is 47.6 Å². The van der Waals surface area contributed by atoms with E-state index in [0.29, 0.717) is 5.75 Å². The van der Waals surface area contributed by atoms with Crippen molar-refractivity contribution in [2.45, 2.75) is 28.8 Å². The minimum atomic E-state index is -0.0621. The number of benzene rings is 2. The molecule has 0 radical (unpaired) electrons. The van der Waals surface area contributed by atoms with Crippen LogP contribution in [0.4, 0.5) is 5.69 Å². The third kappa shape index (κ3) is 4.89. The minimum Gasteiger partial charge on any atom is -0.325 e. The van der Waals surface area contributed by atoms with Gasteiger partial charge in [0.2, 0.25) is 5.91 Å². The molecule has 1 aromatic heterocycles. The van der Waals surface area contributed by atoms with Crippen molar-refractivity contribution in [1.29, 1.82) is 0 Å². The zero-order valence-corrected chi connectivity index (χ0v) is 16.5. The van der Waals surface area contributed by atoms with E-state index in [1.54, 1.807) is 22.7 Å². The maximum Gasteiger partial charge on any atom is 0.234 e. The Hall–Kier alpha value is -2.25. The standard InChI is InChI=1S/C19H20N4OS2/c1-13-4-5-14(2)17(10-13)26-16-8-6-15(7-9-16)21-18(24)11-25-19-22-20-12-23(19)3/h4-10,12H,11H2,1-3H3,(H,21,24). The highest BCUT2D eigenvalue weighted by molar-refractivity contribution is 7.99. The fourth-order valence-corrected chi connectivity index (χ4v) is 3.97. The summed E-state index contributed by atoms with van der Waals surface area (Å²) in [5.74, 6) is 0.235. The van der Waals surface area contributed by atoms with Crippen LogP contribution in [0, 0.1) is 13.8 Å². The topological polar surface area (TPSA) is 59.8 Å². The number of anilines is 1. The van der Waals surface area contributed by atoms with E-state index >= 15 is 0 Å². The van der Waals surface area contributed by atoms with Crippen molar-refractivity contribution >= 4 is 35.1 Å². The second-order valence-corrected chi connectivity index (χ2v) is 8.01. The molecule has 0 saturated carbocycles. The first-order valence-corrected chi connectivity index (χ1v) is 9.93. The second kappa shape index (κ2) is 8.42. The van der Waals surface area contributed by atoms with Crippen LogP contribution in [0.5, 0.6) is 0 Å². The van der Waals surface area contributed by atoms with E-state index in [9.17, 15) is 4.79 Å². The fourth-order valence-electron chi connectivity index (χ4n) is 2.28. The maximum atomic E-state index is 12.1. The van der Waals surface area contributed by atoms with Gasteiger partial charge in [0.25, 0.3) is 0 Å². The number of amides is 1. The molecule has 0 atom stereocenters. The number of rotatable bonds is 6. The van der Waals surface area contributed by atoms with E-state index in [1.165, 1.54) is 27.8 Å². The number of aromatic nitrogens is 3. The first-order valence-electron chi connectivity index (χ1n) is 8.13. The van der Waals surface area contributed by atoms with Gasteiger partial charge in [-0.3, -0.25) is 4.79 Å². The molecule has 1 heterocycles. The summed E-state index contributed by atoms with van der Waals surface area (Å²) < 4.78 is 1.79. The van der Waals surface area contributed by atoms with Crippen LogP contribution in [0.3, 0.4) is 0 Å². The predicted octanol–water partition coefficient (Wildman–Crippen LogP) is 4.31. The number of carbonyl (C=O) groups is 1. The Bertz CT molecular complexity index is 906. The normalized spacial score (nSPS) is 10.7. The highest BCUT2D eigenvalue weighted by atomic mass is 32.2. The van der Waals surface area contributed by atoms with Gasteiger partial charge in [-0.25, -0.2) is 0 Å². The van der Waals surface area contributed by atoms with Crippen molar-refractivity contribution in [2.24, 2.45) is 7.05 Å². The fraction of sp³-hybridized carbons (Fsp3) is 0.211. The molecule has 5 nitrogen and oxygen atoms in total. The van der Waals surface area contributed by atoms with E-state index in [-0.39, 0.29) is 5.91 Å². The Kier molecular flexibility index (Phi) is 6.00. The highest BCUT2D eigenvalue weighted by Gasteiger charge is 2.08. The van der Waals surface area contributed by atoms with Gasteiger partial charge in [0, 0.05) is 22.5 Å². The molecule has 0 spiro atoms. The summed E-state index contributed by atoms with van der Waals surface area (Å²) in [6.07, 6.45) is 1.62. The lowest BCUT2D eigenvalue weighted by molar-refractivity contribution is -0.113. The van der Waals surface area contributed by atoms with E-state index in [4.69, 9.17) is 0 Å². The summed E-state index contributed by atoms with van der Waals surface area (Å²) in [7, 11) is 1.85. The maximum absolute atomic E-state index is 12.1. The smallest absolute Gasteiger partial charge is 0.234 e. The van der Waals surface area contributed by atoms with Crippen molar-refractivity contribution < 1.29 is 4.79 Å². The van der Waals surface area contributed by atoms with Crippen LogP contribution in [0.1, 0.15) is 11.1 Å². The number of carbonyl (C=O) groups excluding carboxylic acids is 1. The largest absolute Gasteiger partial charge is 0.325 e. The van der Waals surface area contributed by atoms with E-state index < -0.39 is 0 Å². The quantitative estimate of drug-likeness (QED) is 0.642. The van der Waals surface area contributed by atoms with Crippen molar-refractivity contribution in [1.82, 2.24) is 14.8 Å². The van der Waals surface area contributed by atoms with Gasteiger partial charge < -0.3 is 9.88 Å². The van der Waals surface area contributed by atoms with Crippen LogP contribution < -0.4 is 5.32 Å². The SMILES string of the molecule is Cc1ccc(C)c(Sc2ccc(NC(=O)CSc3nncn3C)cc2)c1. The molecule has 0 fully saturated rings. The highest BCUT2D eigenvalue weighted by Crippen LogP contribution is 2.31. The lowest BCUT2D eigenvalue weighted by Crippen LogP contribution is -2.14. The summed E-state index contributed by atoms with van der Waals surface area (Å²) in [5.41, 5.74) is 3.31. The van der Waals surface area contributed by atoms with Crippen LogP contribution in [0.25, 0.3) is 0 Å². The molecule has 1 amide bonds.